The lowest BCUT2D eigenvalue weighted by Gasteiger charge is -2.44. The second kappa shape index (κ2) is 9.49. The van der Waals surface area contributed by atoms with Crippen molar-refractivity contribution in [2.45, 2.75) is 84.2 Å². The zero-order valence-corrected chi connectivity index (χ0v) is 20.3. The van der Waals surface area contributed by atoms with Crippen LogP contribution in [0.2, 0.25) is 0 Å². The Morgan fingerprint density at radius 3 is 2.44 bits per heavy atom. The Morgan fingerprint density at radius 2 is 1.91 bits per heavy atom. The van der Waals surface area contributed by atoms with Crippen molar-refractivity contribution in [2.24, 2.45) is 0 Å². The number of ether oxygens (including phenoxy) is 2. The number of carbonyl (C=O) groups excluding carboxylic acids is 1. The SMILES string of the molecule is C[C@H](Oc1nc(C#N)cc(N2C[C@@H](C)N(C(=O)OC(C)(C)C)[C@H](C)C2)n1)[C@@H]1CCCN1C. The topological polar surface area (TPSA) is 94.8 Å². The number of nitriles is 1. The lowest BCUT2D eigenvalue weighted by Crippen LogP contribution is -2.59. The number of nitrogens with zero attached hydrogens (tertiary/aromatic N) is 6. The molecular formula is C23H36N6O3. The summed E-state index contributed by atoms with van der Waals surface area (Å²) in [5.74, 6) is 0.640. The third-order valence-corrected chi connectivity index (χ3v) is 6.06. The van der Waals surface area contributed by atoms with E-state index in [1.54, 1.807) is 11.0 Å². The molecule has 0 N–H and O–H groups in total. The van der Waals surface area contributed by atoms with E-state index in [0.717, 1.165) is 19.4 Å². The van der Waals surface area contributed by atoms with Gasteiger partial charge in [-0.3, -0.25) is 9.80 Å². The monoisotopic (exact) mass is 444 g/mol. The summed E-state index contributed by atoms with van der Waals surface area (Å²) in [4.78, 5) is 27.8. The van der Waals surface area contributed by atoms with Crippen molar-refractivity contribution in [1.82, 2.24) is 19.8 Å². The van der Waals surface area contributed by atoms with Crippen molar-refractivity contribution in [3.8, 4) is 12.1 Å². The molecule has 0 aliphatic carbocycles. The summed E-state index contributed by atoms with van der Waals surface area (Å²) in [6.45, 7) is 13.8. The highest BCUT2D eigenvalue weighted by atomic mass is 16.6. The van der Waals surface area contributed by atoms with Crippen LogP contribution in [0.15, 0.2) is 6.07 Å². The number of anilines is 1. The second-order valence-electron chi connectivity index (χ2n) is 10.0. The van der Waals surface area contributed by atoms with Crippen molar-refractivity contribution in [2.75, 3.05) is 31.6 Å². The van der Waals surface area contributed by atoms with Crippen molar-refractivity contribution < 1.29 is 14.3 Å². The first-order valence-electron chi connectivity index (χ1n) is 11.4. The lowest BCUT2D eigenvalue weighted by molar-refractivity contribution is 0.00557. The van der Waals surface area contributed by atoms with Crippen LogP contribution in [-0.4, -0.2) is 82.4 Å². The standard InChI is InChI=1S/C23H36N6O3/c1-15-13-28(14-16(2)29(15)22(30)32-23(4,5)6)20-11-18(12-24)25-21(26-20)31-17(3)19-9-8-10-27(19)7/h11,15-17,19H,8-10,13-14H2,1-7H3/t15-,16-,17+,19+/m1/s1. The average molecular weight is 445 g/mol. The molecule has 0 radical (unpaired) electrons. The second-order valence-corrected chi connectivity index (χ2v) is 10.0. The number of carbonyl (C=O) groups is 1. The predicted octanol–water partition coefficient (Wildman–Crippen LogP) is 3.04. The average Bonchev–Trinajstić information content (AvgIpc) is 3.11. The number of amides is 1. The highest BCUT2D eigenvalue weighted by molar-refractivity contribution is 5.69. The van der Waals surface area contributed by atoms with Gasteiger partial charge in [-0.25, -0.2) is 4.79 Å². The van der Waals surface area contributed by atoms with E-state index in [1.807, 2.05) is 41.5 Å². The molecule has 2 saturated heterocycles. The van der Waals surface area contributed by atoms with Gasteiger partial charge in [0.2, 0.25) is 0 Å². The van der Waals surface area contributed by atoms with E-state index in [2.05, 4.69) is 32.9 Å². The normalized spacial score (nSPS) is 25.4. The molecule has 0 bridgehead atoms. The van der Waals surface area contributed by atoms with Gasteiger partial charge >= 0.3 is 12.1 Å². The maximum Gasteiger partial charge on any atom is 0.410 e. The summed E-state index contributed by atoms with van der Waals surface area (Å²) in [5, 5.41) is 9.51. The maximum atomic E-state index is 12.7. The predicted molar refractivity (Wildman–Crippen MR) is 122 cm³/mol. The van der Waals surface area contributed by atoms with Gasteiger partial charge in [0.05, 0.1) is 12.1 Å². The van der Waals surface area contributed by atoms with E-state index in [4.69, 9.17) is 9.47 Å². The number of piperazine rings is 1. The molecule has 0 spiro atoms. The Balaban J connectivity index is 1.76. The molecule has 3 heterocycles. The van der Waals surface area contributed by atoms with Crippen LogP contribution in [0.1, 0.15) is 60.1 Å². The van der Waals surface area contributed by atoms with Crippen molar-refractivity contribution in [1.29, 1.82) is 5.26 Å². The number of likely N-dealkylation sites (N-methyl/N-ethyl adjacent to an activating group) is 1. The first kappa shape index (κ1) is 24.1. The Bertz CT molecular complexity index is 852. The highest BCUT2D eigenvalue weighted by Gasteiger charge is 2.36. The fraction of sp³-hybridized carbons (Fsp3) is 0.739. The summed E-state index contributed by atoms with van der Waals surface area (Å²) >= 11 is 0. The van der Waals surface area contributed by atoms with Gasteiger partial charge in [-0.05, 0) is 68.0 Å². The van der Waals surface area contributed by atoms with Crippen LogP contribution in [-0.2, 0) is 4.74 Å². The fourth-order valence-electron chi connectivity index (χ4n) is 4.64. The van der Waals surface area contributed by atoms with Gasteiger partial charge in [0, 0.05) is 25.2 Å². The fourth-order valence-corrected chi connectivity index (χ4v) is 4.64. The number of hydrogen-bond donors (Lipinski definition) is 0. The molecular weight excluding hydrogens is 408 g/mol. The first-order valence-corrected chi connectivity index (χ1v) is 11.4. The largest absolute Gasteiger partial charge is 0.459 e. The molecule has 2 fully saturated rings. The van der Waals surface area contributed by atoms with Gasteiger partial charge in [-0.15, -0.1) is 0 Å². The van der Waals surface area contributed by atoms with E-state index in [9.17, 15) is 10.1 Å². The molecule has 9 nitrogen and oxygen atoms in total. The molecule has 9 heteroatoms. The van der Waals surface area contributed by atoms with E-state index in [-0.39, 0.29) is 36.0 Å². The van der Waals surface area contributed by atoms with Gasteiger partial charge < -0.3 is 14.4 Å². The summed E-state index contributed by atoms with van der Waals surface area (Å²) in [7, 11) is 2.10. The van der Waals surface area contributed by atoms with Crippen LogP contribution in [0.4, 0.5) is 10.6 Å². The molecule has 0 unspecified atom stereocenters. The third kappa shape index (κ3) is 5.60. The van der Waals surface area contributed by atoms with Gasteiger partial charge in [0.15, 0.2) is 0 Å². The molecule has 1 aromatic rings. The maximum absolute atomic E-state index is 12.7. The minimum Gasteiger partial charge on any atom is -0.459 e. The van der Waals surface area contributed by atoms with E-state index in [0.29, 0.717) is 24.9 Å². The molecule has 2 aliphatic heterocycles. The molecule has 1 amide bonds. The van der Waals surface area contributed by atoms with Crippen LogP contribution in [0.25, 0.3) is 0 Å². The van der Waals surface area contributed by atoms with E-state index >= 15 is 0 Å². The summed E-state index contributed by atoms with van der Waals surface area (Å²) in [6, 6.07) is 4.18. The molecule has 4 atom stereocenters. The molecule has 0 aromatic carbocycles. The Labute approximate surface area is 191 Å². The lowest BCUT2D eigenvalue weighted by atomic mass is 10.1. The van der Waals surface area contributed by atoms with Gasteiger partial charge in [0.25, 0.3) is 0 Å². The molecule has 1 aromatic heterocycles. The van der Waals surface area contributed by atoms with E-state index < -0.39 is 5.60 Å². The number of hydrogen-bond acceptors (Lipinski definition) is 8. The van der Waals surface area contributed by atoms with Gasteiger partial charge in [0.1, 0.15) is 29.3 Å². The summed E-state index contributed by atoms with van der Waals surface area (Å²) in [5.41, 5.74) is -0.273. The summed E-state index contributed by atoms with van der Waals surface area (Å²) in [6.07, 6.45) is 1.84. The van der Waals surface area contributed by atoms with Crippen LogP contribution < -0.4 is 9.64 Å². The zero-order chi connectivity index (χ0) is 23.6. The minimum absolute atomic E-state index is 0.0776. The van der Waals surface area contributed by atoms with Crippen molar-refractivity contribution >= 4 is 11.9 Å². The molecule has 0 saturated carbocycles. The van der Waals surface area contributed by atoms with Crippen LogP contribution in [0.5, 0.6) is 6.01 Å². The number of likely N-dealkylation sites (tertiary alicyclic amines) is 1. The summed E-state index contributed by atoms with van der Waals surface area (Å²) < 4.78 is 11.7. The molecule has 2 aliphatic rings. The Kier molecular flexibility index (Phi) is 7.13. The van der Waals surface area contributed by atoms with Gasteiger partial charge in [-0.1, -0.05) is 0 Å². The molecule has 176 valence electrons. The van der Waals surface area contributed by atoms with E-state index in [1.165, 1.54) is 0 Å². The van der Waals surface area contributed by atoms with Gasteiger partial charge in [-0.2, -0.15) is 15.2 Å². The van der Waals surface area contributed by atoms with Crippen molar-refractivity contribution in [3.63, 3.8) is 0 Å². The van der Waals surface area contributed by atoms with Crippen LogP contribution in [0.3, 0.4) is 0 Å². The van der Waals surface area contributed by atoms with Crippen LogP contribution >= 0.6 is 0 Å². The minimum atomic E-state index is -0.543. The third-order valence-electron chi connectivity index (χ3n) is 6.06. The Morgan fingerprint density at radius 1 is 1.25 bits per heavy atom. The zero-order valence-electron chi connectivity index (χ0n) is 20.3. The quantitative estimate of drug-likeness (QED) is 0.699. The smallest absolute Gasteiger partial charge is 0.410 e. The van der Waals surface area contributed by atoms with Crippen molar-refractivity contribution in [3.05, 3.63) is 11.8 Å². The number of aromatic nitrogens is 2. The van der Waals surface area contributed by atoms with Crippen LogP contribution in [0, 0.1) is 11.3 Å². The number of rotatable bonds is 4. The molecule has 3 rings (SSSR count). The Hall–Kier alpha value is -2.60. The molecule has 32 heavy (non-hydrogen) atoms. The highest BCUT2D eigenvalue weighted by Crippen LogP contribution is 2.26. The first-order chi connectivity index (χ1) is 15.0.